The molecular weight excluding hydrogens is 901 g/mol. The number of nitrogens with zero attached hydrogens (tertiary/aromatic N) is 4. The number of hydrogen-bond acceptors (Lipinski definition) is 6. The van der Waals surface area contributed by atoms with Gasteiger partial charge in [-0.2, -0.15) is 0 Å². The normalized spacial score (nSPS) is 11.5. The summed E-state index contributed by atoms with van der Waals surface area (Å²) in [6.45, 7) is 2.22. The Kier molecular flexibility index (Phi) is 10.8. The van der Waals surface area contributed by atoms with E-state index in [1.54, 1.807) is 22.7 Å². The Morgan fingerprint density at radius 3 is 1.10 bits per heavy atom. The van der Waals surface area contributed by atoms with Crippen molar-refractivity contribution in [3.8, 4) is 43.4 Å². The maximum Gasteiger partial charge on any atom is 0.124 e. The zero-order valence-corrected chi connectivity index (χ0v) is 40.4. The van der Waals surface area contributed by atoms with Crippen molar-refractivity contribution in [1.82, 2.24) is 9.97 Å². The topological polar surface area (TPSA) is 32.3 Å². The molecule has 0 amide bonds. The van der Waals surface area contributed by atoms with Gasteiger partial charge in [0.05, 0.1) is 20.4 Å². The SMILES string of the molecule is Cc1cc(-c2ccc(N(c3ccc(-c4nc5ccccc5s4)cc3)c3ccc4ccccc4c3)cc2)ccc1-c1ccc(N(c2ccc(-c3nc4ccccc4s3)cc2)c2ccc3ccccc3c2)cc1. The van der Waals surface area contributed by atoms with Gasteiger partial charge in [0.25, 0.3) is 0 Å². The van der Waals surface area contributed by atoms with Crippen LogP contribution in [0.4, 0.5) is 34.1 Å². The first kappa shape index (κ1) is 42.4. The smallest absolute Gasteiger partial charge is 0.124 e. The Labute approximate surface area is 420 Å². The highest BCUT2D eigenvalue weighted by atomic mass is 32.1. The molecule has 4 nitrogen and oxygen atoms in total. The number of thiazole rings is 2. The molecule has 0 radical (unpaired) electrons. The number of aryl methyl sites for hydroxylation is 1. The molecule has 11 aromatic carbocycles. The van der Waals surface area contributed by atoms with Crippen molar-refractivity contribution < 1.29 is 0 Å². The first-order valence-corrected chi connectivity index (χ1v) is 25.5. The Bertz CT molecular complexity index is 4000. The second-order valence-corrected chi connectivity index (χ2v) is 20.0. The molecule has 2 aromatic heterocycles. The highest BCUT2D eigenvalue weighted by Gasteiger charge is 2.18. The zero-order valence-electron chi connectivity index (χ0n) is 38.8. The first-order valence-electron chi connectivity index (χ1n) is 23.9. The molecule has 0 N–H and O–H groups in total. The fraction of sp³-hybridized carbons (Fsp3) is 0.0154. The summed E-state index contributed by atoms with van der Waals surface area (Å²) in [4.78, 5) is 14.5. The lowest BCUT2D eigenvalue weighted by Gasteiger charge is -2.26. The van der Waals surface area contributed by atoms with Crippen LogP contribution in [0.5, 0.6) is 0 Å². The van der Waals surface area contributed by atoms with Gasteiger partial charge < -0.3 is 9.80 Å². The number of fused-ring (bicyclic) bond motifs is 4. The van der Waals surface area contributed by atoms with Gasteiger partial charge in [-0.1, -0.05) is 127 Å². The summed E-state index contributed by atoms with van der Waals surface area (Å²) in [7, 11) is 0. The lowest BCUT2D eigenvalue weighted by molar-refractivity contribution is 1.29. The zero-order chi connectivity index (χ0) is 47.3. The number of anilines is 6. The van der Waals surface area contributed by atoms with Crippen molar-refractivity contribution in [1.29, 1.82) is 0 Å². The van der Waals surface area contributed by atoms with Crippen molar-refractivity contribution in [3.63, 3.8) is 0 Å². The van der Waals surface area contributed by atoms with Crippen LogP contribution >= 0.6 is 22.7 Å². The van der Waals surface area contributed by atoms with Crippen molar-refractivity contribution in [2.24, 2.45) is 0 Å². The summed E-state index contributed by atoms with van der Waals surface area (Å²) in [6.07, 6.45) is 0. The number of aromatic nitrogens is 2. The second-order valence-electron chi connectivity index (χ2n) is 17.9. The highest BCUT2D eigenvalue weighted by Crippen LogP contribution is 2.42. The van der Waals surface area contributed by atoms with Gasteiger partial charge in [-0.25, -0.2) is 9.97 Å². The standard InChI is InChI=1S/C65H44N4S2/c1-43-40-52(46-18-29-53(30-19-46)68(57-37-20-44-10-2-4-12-50(44)41-57)55-33-24-48(25-34-55)64-66-60-14-6-8-16-62(60)70-64)28-39-59(43)47-22-31-54(32-23-47)69(58-38-21-45-11-3-5-13-51(45)42-58)56-35-26-49(27-36-56)65-67-61-15-7-9-17-63(61)71-65/h2-42H,1H3. The van der Waals surface area contributed by atoms with E-state index in [9.17, 15) is 0 Å². The van der Waals surface area contributed by atoms with Crippen LogP contribution in [0, 0.1) is 6.92 Å². The summed E-state index contributed by atoms with van der Waals surface area (Å²) in [5.74, 6) is 0. The molecule has 0 spiro atoms. The monoisotopic (exact) mass is 944 g/mol. The number of rotatable bonds is 10. The molecule has 71 heavy (non-hydrogen) atoms. The van der Waals surface area contributed by atoms with Gasteiger partial charge in [-0.15, -0.1) is 22.7 Å². The molecule has 2 heterocycles. The van der Waals surface area contributed by atoms with Crippen LogP contribution in [0.2, 0.25) is 0 Å². The molecule has 0 fully saturated rings. The van der Waals surface area contributed by atoms with Gasteiger partial charge in [-0.3, -0.25) is 0 Å². The van der Waals surface area contributed by atoms with E-state index in [-0.39, 0.29) is 0 Å². The van der Waals surface area contributed by atoms with Gasteiger partial charge in [0.1, 0.15) is 10.0 Å². The molecule has 336 valence electrons. The van der Waals surface area contributed by atoms with Crippen LogP contribution in [-0.4, -0.2) is 9.97 Å². The summed E-state index contributed by atoms with van der Waals surface area (Å²) in [6, 6.07) is 89.6. The minimum atomic E-state index is 1.03. The molecule has 13 rings (SSSR count). The fourth-order valence-corrected chi connectivity index (χ4v) is 11.7. The van der Waals surface area contributed by atoms with E-state index >= 15 is 0 Å². The molecule has 0 atom stereocenters. The van der Waals surface area contributed by atoms with E-state index in [1.165, 1.54) is 58.8 Å². The minimum absolute atomic E-state index is 1.03. The number of para-hydroxylation sites is 2. The third kappa shape index (κ3) is 8.19. The first-order chi connectivity index (χ1) is 35.0. The molecule has 0 bridgehead atoms. The van der Waals surface area contributed by atoms with E-state index < -0.39 is 0 Å². The predicted octanol–water partition coefficient (Wildman–Crippen LogP) is 19.1. The summed E-state index contributed by atoms with van der Waals surface area (Å²) in [5.41, 5.74) is 16.8. The van der Waals surface area contributed by atoms with Crippen molar-refractivity contribution in [3.05, 3.63) is 254 Å². The molecule has 13 aromatic rings. The van der Waals surface area contributed by atoms with E-state index in [0.29, 0.717) is 0 Å². The Morgan fingerprint density at radius 1 is 0.296 bits per heavy atom. The lowest BCUT2D eigenvalue weighted by atomic mass is 9.95. The quantitative estimate of drug-likeness (QED) is 0.137. The summed E-state index contributed by atoms with van der Waals surface area (Å²) >= 11 is 3.46. The molecule has 6 heteroatoms. The average molecular weight is 945 g/mol. The van der Waals surface area contributed by atoms with Gasteiger partial charge in [0.2, 0.25) is 0 Å². The van der Waals surface area contributed by atoms with Gasteiger partial charge in [0.15, 0.2) is 0 Å². The van der Waals surface area contributed by atoms with E-state index in [1.807, 2.05) is 12.1 Å². The van der Waals surface area contributed by atoms with Crippen molar-refractivity contribution in [2.75, 3.05) is 9.80 Å². The third-order valence-electron chi connectivity index (χ3n) is 13.4. The van der Waals surface area contributed by atoms with Crippen LogP contribution in [0.1, 0.15) is 5.56 Å². The molecule has 0 aliphatic heterocycles. The molecular formula is C65H44N4S2. The van der Waals surface area contributed by atoms with E-state index in [4.69, 9.17) is 9.97 Å². The Morgan fingerprint density at radius 2 is 0.662 bits per heavy atom. The molecule has 0 saturated carbocycles. The van der Waals surface area contributed by atoms with Crippen LogP contribution in [0.25, 0.3) is 85.4 Å². The lowest BCUT2D eigenvalue weighted by Crippen LogP contribution is -2.10. The molecule has 0 aliphatic carbocycles. The Balaban J connectivity index is 0.790. The Hall–Kier alpha value is -8.68. The van der Waals surface area contributed by atoms with Crippen LogP contribution in [0.3, 0.4) is 0 Å². The van der Waals surface area contributed by atoms with Crippen LogP contribution in [-0.2, 0) is 0 Å². The minimum Gasteiger partial charge on any atom is -0.310 e. The summed E-state index contributed by atoms with van der Waals surface area (Å²) < 4.78 is 2.40. The largest absolute Gasteiger partial charge is 0.310 e. The van der Waals surface area contributed by atoms with E-state index in [2.05, 4.69) is 253 Å². The number of benzene rings is 11. The van der Waals surface area contributed by atoms with Gasteiger partial charge in [-0.05, 0) is 178 Å². The second kappa shape index (κ2) is 18.0. The fourth-order valence-electron chi connectivity index (χ4n) is 9.78. The highest BCUT2D eigenvalue weighted by molar-refractivity contribution is 7.22. The molecule has 0 unspecified atom stereocenters. The molecule has 0 saturated heterocycles. The van der Waals surface area contributed by atoms with Crippen molar-refractivity contribution in [2.45, 2.75) is 6.92 Å². The van der Waals surface area contributed by atoms with Gasteiger partial charge in [0, 0.05) is 45.3 Å². The molecule has 0 aliphatic rings. The van der Waals surface area contributed by atoms with E-state index in [0.717, 1.165) is 66.3 Å². The van der Waals surface area contributed by atoms with Crippen molar-refractivity contribution >= 4 is 98.8 Å². The maximum absolute atomic E-state index is 4.93. The van der Waals surface area contributed by atoms with Crippen LogP contribution < -0.4 is 9.80 Å². The van der Waals surface area contributed by atoms with Gasteiger partial charge >= 0.3 is 0 Å². The maximum atomic E-state index is 4.93. The number of hydrogen-bond donors (Lipinski definition) is 0. The summed E-state index contributed by atoms with van der Waals surface area (Å²) in [5, 5.41) is 6.91. The third-order valence-corrected chi connectivity index (χ3v) is 15.6. The predicted molar refractivity (Wildman–Crippen MR) is 304 cm³/mol. The van der Waals surface area contributed by atoms with Crippen LogP contribution in [0.15, 0.2) is 249 Å². The average Bonchev–Trinajstić information content (AvgIpc) is 4.08.